The van der Waals surface area contributed by atoms with E-state index in [0.29, 0.717) is 41.0 Å². The van der Waals surface area contributed by atoms with Crippen LogP contribution in [0.15, 0.2) is 40.8 Å². The minimum atomic E-state index is -0.446. The number of carbonyl (C=O) groups excluding carboxylic acids is 2. The second-order valence-electron chi connectivity index (χ2n) is 19.4. The lowest BCUT2D eigenvalue weighted by atomic mass is 9.66. The van der Waals surface area contributed by atoms with Gasteiger partial charge in [-0.1, -0.05) is 165 Å². The summed E-state index contributed by atoms with van der Waals surface area (Å²) < 4.78 is 6.85. The molecule has 2 aliphatic rings. The van der Waals surface area contributed by atoms with Crippen molar-refractivity contribution in [2.45, 2.75) is 182 Å². The van der Waals surface area contributed by atoms with Crippen molar-refractivity contribution >= 4 is 34.5 Å². The van der Waals surface area contributed by atoms with Crippen LogP contribution in [-0.2, 0) is 22.7 Å². The van der Waals surface area contributed by atoms with Crippen molar-refractivity contribution in [3.63, 3.8) is 0 Å². The van der Waals surface area contributed by atoms with E-state index in [2.05, 4.69) is 113 Å². The second kappa shape index (κ2) is 17.7. The molecule has 3 atom stereocenters. The molecule has 3 unspecified atom stereocenters. The number of hydrogen-bond donors (Lipinski definition) is 0. The molecule has 0 saturated carbocycles. The Morgan fingerprint density at radius 2 is 1.28 bits per heavy atom. The van der Waals surface area contributed by atoms with E-state index < -0.39 is 5.41 Å². The number of carbonyl (C=O) groups is 2. The number of unbranched alkanes of at least 4 members (excludes halogenated alkanes) is 5. The predicted molar refractivity (Wildman–Crippen MR) is 243 cm³/mol. The number of fused-ring (bicyclic) bond motifs is 4. The maximum Gasteiger partial charge on any atom is 0.265 e. The number of nitrogens with zero attached hydrogens (tertiary/aromatic N) is 1. The monoisotopic (exact) mass is 809 g/mol. The Kier molecular flexibility index (Phi) is 13.6. The van der Waals surface area contributed by atoms with Gasteiger partial charge in [0.05, 0.1) is 10.4 Å². The fourth-order valence-electron chi connectivity index (χ4n) is 9.36. The Balaban J connectivity index is 1.54. The highest BCUT2D eigenvalue weighted by Crippen LogP contribution is 2.63. The second-order valence-corrected chi connectivity index (χ2v) is 21.5. The van der Waals surface area contributed by atoms with Crippen LogP contribution in [0.2, 0.25) is 0 Å². The Labute approximate surface area is 353 Å². The summed E-state index contributed by atoms with van der Waals surface area (Å²) in [5.41, 5.74) is 5.79. The number of amides is 2. The molecule has 0 N–H and O–H groups in total. The summed E-state index contributed by atoms with van der Waals surface area (Å²) in [6.45, 7) is 25.1. The first-order valence-electron chi connectivity index (χ1n) is 22.6. The summed E-state index contributed by atoms with van der Waals surface area (Å²) in [6, 6.07) is 14.6. The highest BCUT2D eigenvalue weighted by molar-refractivity contribution is 7.24. The summed E-state index contributed by atoms with van der Waals surface area (Å²) in [5.74, 6) is 1.69. The van der Waals surface area contributed by atoms with Gasteiger partial charge in [-0.3, -0.25) is 14.5 Å². The lowest BCUT2D eigenvalue weighted by Crippen LogP contribution is -2.35. The smallest absolute Gasteiger partial charge is 0.265 e. The molecular formula is C51H71NO3S2. The molecular weight excluding hydrogens is 739 g/mol. The average Bonchev–Trinajstić information content (AvgIpc) is 3.98. The Hall–Kier alpha value is -2.96. The number of aryl methyl sites for hydroxylation is 1. The minimum absolute atomic E-state index is 0.0167. The molecule has 1 aromatic carbocycles. The van der Waals surface area contributed by atoms with E-state index in [4.69, 9.17) is 4.42 Å². The molecule has 0 fully saturated rings. The van der Waals surface area contributed by atoms with Gasteiger partial charge in [0.2, 0.25) is 0 Å². The first-order valence-corrected chi connectivity index (χ1v) is 24.2. The van der Waals surface area contributed by atoms with E-state index in [9.17, 15) is 9.59 Å². The average molecular weight is 810 g/mol. The van der Waals surface area contributed by atoms with Crippen LogP contribution in [0.3, 0.4) is 0 Å². The highest BCUT2D eigenvalue weighted by atomic mass is 32.1. The van der Waals surface area contributed by atoms with E-state index in [0.717, 1.165) is 49.8 Å². The summed E-state index contributed by atoms with van der Waals surface area (Å²) >= 11 is 3.72. The van der Waals surface area contributed by atoms with Crippen LogP contribution in [0.4, 0.5) is 0 Å². The van der Waals surface area contributed by atoms with Gasteiger partial charge in [-0.25, -0.2) is 0 Å². The maximum absolute atomic E-state index is 14.6. The van der Waals surface area contributed by atoms with Crippen molar-refractivity contribution in [1.82, 2.24) is 4.90 Å². The van der Waals surface area contributed by atoms with Crippen molar-refractivity contribution in [1.29, 1.82) is 0 Å². The van der Waals surface area contributed by atoms with Crippen LogP contribution in [0.1, 0.15) is 213 Å². The third kappa shape index (κ3) is 8.43. The highest BCUT2D eigenvalue weighted by Gasteiger charge is 2.51. The fourth-order valence-corrected chi connectivity index (χ4v) is 12.0. The van der Waals surface area contributed by atoms with E-state index in [1.54, 1.807) is 16.2 Å². The van der Waals surface area contributed by atoms with Crippen molar-refractivity contribution in [2.75, 3.05) is 6.54 Å². The summed E-state index contributed by atoms with van der Waals surface area (Å²) in [6.07, 6.45) is 16.2. The van der Waals surface area contributed by atoms with Gasteiger partial charge in [-0.15, -0.1) is 22.7 Å². The zero-order valence-electron chi connectivity index (χ0n) is 37.2. The number of furan rings is 1. The van der Waals surface area contributed by atoms with E-state index in [1.807, 2.05) is 11.3 Å². The van der Waals surface area contributed by atoms with Gasteiger partial charge in [-0.2, -0.15) is 0 Å². The van der Waals surface area contributed by atoms with Crippen LogP contribution in [0.5, 0.6) is 0 Å². The van der Waals surface area contributed by atoms with Crippen molar-refractivity contribution in [2.24, 2.45) is 11.8 Å². The van der Waals surface area contributed by atoms with Crippen molar-refractivity contribution in [3.8, 4) is 20.4 Å². The lowest BCUT2D eigenvalue weighted by molar-refractivity contribution is 0.0619. The van der Waals surface area contributed by atoms with Crippen molar-refractivity contribution < 1.29 is 14.0 Å². The third-order valence-electron chi connectivity index (χ3n) is 12.9. The quantitative estimate of drug-likeness (QED) is 0.0700. The van der Waals surface area contributed by atoms with Gasteiger partial charge >= 0.3 is 0 Å². The first-order chi connectivity index (χ1) is 27.1. The SMILES string of the molecule is CCCCCCc1ccc(C2(CC(CC)CCCC)c3cc(-c4oc(C(C)(C)C)c5c4C(=O)N(CC(CC)CCCC)C5=O)sc3-c3sc(C(C)(C)C)cc32)cc1. The number of benzene rings is 1. The third-order valence-corrected chi connectivity index (χ3v) is 15.8. The summed E-state index contributed by atoms with van der Waals surface area (Å²) in [5, 5.41) is 0. The molecule has 1 aliphatic carbocycles. The molecule has 2 amide bonds. The van der Waals surface area contributed by atoms with Crippen LogP contribution in [0, 0.1) is 11.8 Å². The van der Waals surface area contributed by atoms with Gasteiger partial charge in [0, 0.05) is 32.0 Å². The Bertz CT molecular complexity index is 2010. The van der Waals surface area contributed by atoms with Gasteiger partial charge in [0.15, 0.2) is 5.76 Å². The molecule has 4 heterocycles. The van der Waals surface area contributed by atoms with E-state index in [-0.39, 0.29) is 22.6 Å². The number of rotatable bonds is 19. The standard InChI is InChI=1S/C51H71NO3S2/c1-12-17-20-21-24-35-25-27-36(28-26-35)51(31-33(15-4)22-18-13-2)37-29-39(56-44(37)45-38(51)30-40(57-45)49(6,7)8)43-41-42(46(55-43)50(9,10)11)48(54)52(47(41)53)32-34(16-5)23-19-14-3/h25-30,33-34H,12-24,31-32H2,1-11H3. The van der Waals surface area contributed by atoms with Gasteiger partial charge in [-0.05, 0) is 77.3 Å². The molecule has 0 bridgehead atoms. The van der Waals surface area contributed by atoms with Crippen LogP contribution >= 0.6 is 22.7 Å². The van der Waals surface area contributed by atoms with Crippen molar-refractivity contribution in [3.05, 3.63) is 80.4 Å². The van der Waals surface area contributed by atoms with Crippen LogP contribution in [0.25, 0.3) is 20.4 Å². The number of hydrogen-bond acceptors (Lipinski definition) is 5. The molecule has 310 valence electrons. The molecule has 4 aromatic rings. The topological polar surface area (TPSA) is 50.5 Å². The number of thiophene rings is 2. The van der Waals surface area contributed by atoms with Crippen LogP contribution < -0.4 is 0 Å². The largest absolute Gasteiger partial charge is 0.458 e. The first kappa shape index (κ1) is 43.6. The van der Waals surface area contributed by atoms with E-state index >= 15 is 0 Å². The van der Waals surface area contributed by atoms with E-state index in [1.165, 1.54) is 81.8 Å². The van der Waals surface area contributed by atoms with Gasteiger partial charge in [0.25, 0.3) is 11.8 Å². The molecule has 0 radical (unpaired) electrons. The van der Waals surface area contributed by atoms with Crippen LogP contribution in [-0.4, -0.2) is 23.3 Å². The normalized spacial score (nSPS) is 17.7. The molecule has 1 aliphatic heterocycles. The molecule has 6 heteroatoms. The molecule has 3 aromatic heterocycles. The Morgan fingerprint density at radius 1 is 0.684 bits per heavy atom. The summed E-state index contributed by atoms with van der Waals surface area (Å²) in [7, 11) is 0. The number of imide groups is 1. The minimum Gasteiger partial charge on any atom is -0.458 e. The fraction of sp³-hybridized carbons (Fsp3) is 0.608. The molecule has 57 heavy (non-hydrogen) atoms. The molecule has 0 saturated heterocycles. The molecule has 0 spiro atoms. The zero-order valence-corrected chi connectivity index (χ0v) is 38.8. The maximum atomic E-state index is 14.6. The molecule has 4 nitrogen and oxygen atoms in total. The van der Waals surface area contributed by atoms with Gasteiger partial charge < -0.3 is 4.42 Å². The Morgan fingerprint density at radius 3 is 1.88 bits per heavy atom. The zero-order chi connectivity index (χ0) is 41.3. The predicted octanol–water partition coefficient (Wildman–Crippen LogP) is 15.5. The lowest BCUT2D eigenvalue weighted by Gasteiger charge is -2.35. The van der Waals surface area contributed by atoms with Gasteiger partial charge in [0.1, 0.15) is 11.3 Å². The summed E-state index contributed by atoms with van der Waals surface area (Å²) in [4.78, 5) is 35.5. The molecule has 6 rings (SSSR count).